The molecule has 0 bridgehead atoms. The average molecular weight is 199 g/mol. The molecule has 14 heavy (non-hydrogen) atoms. The van der Waals surface area contributed by atoms with Crippen LogP contribution in [-0.4, -0.2) is 34.6 Å². The Bertz CT molecular complexity index is 194. The van der Waals surface area contributed by atoms with Crippen LogP contribution >= 0.6 is 0 Å². The minimum Gasteiger partial charge on any atom is -0.481 e. The molecular weight excluding hydrogens is 178 g/mol. The number of carboxylic acids is 1. The molecular formula is C11H21NO2. The van der Waals surface area contributed by atoms with Crippen molar-refractivity contribution in [3.05, 3.63) is 0 Å². The Hall–Kier alpha value is -0.570. The second-order valence-corrected chi connectivity index (χ2v) is 4.22. The molecule has 1 saturated heterocycles. The quantitative estimate of drug-likeness (QED) is 0.737. The van der Waals surface area contributed by atoms with Gasteiger partial charge in [-0.25, -0.2) is 0 Å². The molecule has 1 fully saturated rings. The van der Waals surface area contributed by atoms with E-state index in [2.05, 4.69) is 18.7 Å². The highest BCUT2D eigenvalue weighted by atomic mass is 16.4. The van der Waals surface area contributed by atoms with Crippen LogP contribution in [0.25, 0.3) is 0 Å². The number of rotatable bonds is 5. The number of likely N-dealkylation sites (tertiary alicyclic amines) is 1. The molecule has 1 rings (SSSR count). The number of aliphatic carboxylic acids is 1. The van der Waals surface area contributed by atoms with E-state index in [0.717, 1.165) is 13.0 Å². The van der Waals surface area contributed by atoms with Gasteiger partial charge in [0.2, 0.25) is 0 Å². The van der Waals surface area contributed by atoms with Crippen LogP contribution in [0.5, 0.6) is 0 Å². The maximum atomic E-state index is 10.4. The van der Waals surface area contributed by atoms with E-state index in [1.807, 2.05) is 0 Å². The molecule has 1 aliphatic heterocycles. The maximum Gasteiger partial charge on any atom is 0.303 e. The first kappa shape index (κ1) is 11.5. The third-order valence-electron chi connectivity index (χ3n) is 3.23. The highest BCUT2D eigenvalue weighted by molar-refractivity contribution is 5.66. The van der Waals surface area contributed by atoms with Crippen LogP contribution in [-0.2, 0) is 4.79 Å². The Morgan fingerprint density at radius 3 is 2.79 bits per heavy atom. The third-order valence-corrected chi connectivity index (χ3v) is 3.23. The maximum absolute atomic E-state index is 10.4. The van der Waals surface area contributed by atoms with Crippen molar-refractivity contribution >= 4 is 5.97 Å². The standard InChI is InChI=1S/C11H21NO2/c1-3-10-7-6-9(2)12(10)8-4-5-11(13)14/h9-10H,3-8H2,1-2H3,(H,13,14). The third kappa shape index (κ3) is 2.98. The highest BCUT2D eigenvalue weighted by Crippen LogP contribution is 2.25. The number of carboxylic acid groups (broad SMARTS) is 1. The van der Waals surface area contributed by atoms with E-state index in [9.17, 15) is 4.79 Å². The number of hydrogen-bond donors (Lipinski definition) is 1. The summed E-state index contributed by atoms with van der Waals surface area (Å²) in [5.41, 5.74) is 0. The molecule has 0 aliphatic carbocycles. The van der Waals surface area contributed by atoms with E-state index < -0.39 is 5.97 Å². The van der Waals surface area contributed by atoms with Crippen molar-refractivity contribution in [1.29, 1.82) is 0 Å². The summed E-state index contributed by atoms with van der Waals surface area (Å²) in [6, 6.07) is 1.34. The van der Waals surface area contributed by atoms with E-state index in [-0.39, 0.29) is 0 Å². The van der Waals surface area contributed by atoms with Gasteiger partial charge >= 0.3 is 5.97 Å². The van der Waals surface area contributed by atoms with Crippen LogP contribution in [0.3, 0.4) is 0 Å². The van der Waals surface area contributed by atoms with Gasteiger partial charge in [0.15, 0.2) is 0 Å². The Balaban J connectivity index is 2.30. The van der Waals surface area contributed by atoms with Gasteiger partial charge < -0.3 is 5.11 Å². The molecule has 82 valence electrons. The van der Waals surface area contributed by atoms with Gasteiger partial charge in [-0.2, -0.15) is 0 Å². The Morgan fingerprint density at radius 2 is 2.21 bits per heavy atom. The van der Waals surface area contributed by atoms with Crippen molar-refractivity contribution in [3.8, 4) is 0 Å². The van der Waals surface area contributed by atoms with Crippen molar-refractivity contribution in [3.63, 3.8) is 0 Å². The van der Waals surface area contributed by atoms with E-state index in [0.29, 0.717) is 18.5 Å². The van der Waals surface area contributed by atoms with Crippen LogP contribution in [0.2, 0.25) is 0 Å². The lowest BCUT2D eigenvalue weighted by molar-refractivity contribution is -0.137. The van der Waals surface area contributed by atoms with E-state index in [1.165, 1.54) is 19.3 Å². The second kappa shape index (κ2) is 5.35. The molecule has 0 spiro atoms. The van der Waals surface area contributed by atoms with Gasteiger partial charge in [0.1, 0.15) is 0 Å². The molecule has 1 aliphatic rings. The molecule has 2 atom stereocenters. The van der Waals surface area contributed by atoms with Gasteiger partial charge in [-0.3, -0.25) is 9.69 Å². The molecule has 1 N–H and O–H groups in total. The number of hydrogen-bond acceptors (Lipinski definition) is 2. The Morgan fingerprint density at radius 1 is 1.50 bits per heavy atom. The zero-order chi connectivity index (χ0) is 10.6. The van der Waals surface area contributed by atoms with Crippen LogP contribution in [0, 0.1) is 0 Å². The van der Waals surface area contributed by atoms with Gasteiger partial charge in [-0.1, -0.05) is 6.92 Å². The molecule has 1 heterocycles. The second-order valence-electron chi connectivity index (χ2n) is 4.22. The van der Waals surface area contributed by atoms with Gasteiger partial charge in [0.25, 0.3) is 0 Å². The fourth-order valence-electron chi connectivity index (χ4n) is 2.38. The van der Waals surface area contributed by atoms with Crippen molar-refractivity contribution in [1.82, 2.24) is 4.90 Å². The molecule has 3 heteroatoms. The molecule has 0 aromatic rings. The van der Waals surface area contributed by atoms with E-state index in [4.69, 9.17) is 5.11 Å². The summed E-state index contributed by atoms with van der Waals surface area (Å²) in [5.74, 6) is -0.676. The molecule has 0 aromatic carbocycles. The molecule has 0 amide bonds. The minimum atomic E-state index is -0.676. The predicted molar refractivity (Wildman–Crippen MR) is 56.4 cm³/mol. The molecule has 0 saturated carbocycles. The summed E-state index contributed by atoms with van der Waals surface area (Å²) in [5, 5.41) is 8.56. The van der Waals surface area contributed by atoms with Crippen molar-refractivity contribution in [2.45, 2.75) is 58.0 Å². The summed E-state index contributed by atoms with van der Waals surface area (Å²) >= 11 is 0. The molecule has 0 radical (unpaired) electrons. The monoisotopic (exact) mass is 199 g/mol. The van der Waals surface area contributed by atoms with Gasteiger partial charge in [0, 0.05) is 18.5 Å². The van der Waals surface area contributed by atoms with Crippen LogP contribution in [0.4, 0.5) is 0 Å². The van der Waals surface area contributed by atoms with Crippen molar-refractivity contribution in [2.75, 3.05) is 6.54 Å². The normalized spacial score (nSPS) is 28.1. The van der Waals surface area contributed by atoms with Gasteiger partial charge in [-0.15, -0.1) is 0 Å². The molecule has 0 aromatic heterocycles. The minimum absolute atomic E-state index is 0.305. The fraction of sp³-hybridized carbons (Fsp3) is 0.909. The van der Waals surface area contributed by atoms with Crippen LogP contribution in [0.15, 0.2) is 0 Å². The van der Waals surface area contributed by atoms with Crippen LogP contribution < -0.4 is 0 Å². The first-order valence-electron chi connectivity index (χ1n) is 5.62. The van der Waals surface area contributed by atoms with E-state index in [1.54, 1.807) is 0 Å². The summed E-state index contributed by atoms with van der Waals surface area (Å²) in [6.07, 6.45) is 4.84. The zero-order valence-electron chi connectivity index (χ0n) is 9.20. The number of carbonyl (C=O) groups is 1. The zero-order valence-corrected chi connectivity index (χ0v) is 9.20. The first-order valence-corrected chi connectivity index (χ1v) is 5.62. The van der Waals surface area contributed by atoms with Crippen molar-refractivity contribution in [2.24, 2.45) is 0 Å². The average Bonchev–Trinajstić information content (AvgIpc) is 2.47. The topological polar surface area (TPSA) is 40.5 Å². The lowest BCUT2D eigenvalue weighted by atomic mass is 10.1. The summed E-state index contributed by atoms with van der Waals surface area (Å²) < 4.78 is 0. The fourth-order valence-corrected chi connectivity index (χ4v) is 2.38. The predicted octanol–water partition coefficient (Wildman–Crippen LogP) is 2.11. The van der Waals surface area contributed by atoms with Gasteiger partial charge in [0.05, 0.1) is 0 Å². The summed E-state index contributed by atoms with van der Waals surface area (Å²) in [6.45, 7) is 5.41. The smallest absolute Gasteiger partial charge is 0.303 e. The SMILES string of the molecule is CCC1CCC(C)N1CCCC(=O)O. The Labute approximate surface area is 86.1 Å². The van der Waals surface area contributed by atoms with E-state index >= 15 is 0 Å². The molecule has 3 nitrogen and oxygen atoms in total. The first-order chi connectivity index (χ1) is 6.65. The molecule has 2 unspecified atom stereocenters. The van der Waals surface area contributed by atoms with Crippen LogP contribution in [0.1, 0.15) is 46.0 Å². The summed E-state index contributed by atoms with van der Waals surface area (Å²) in [7, 11) is 0. The van der Waals surface area contributed by atoms with Crippen molar-refractivity contribution < 1.29 is 9.90 Å². The highest BCUT2D eigenvalue weighted by Gasteiger charge is 2.28. The lowest BCUT2D eigenvalue weighted by Crippen LogP contribution is -2.35. The largest absolute Gasteiger partial charge is 0.481 e. The summed E-state index contributed by atoms with van der Waals surface area (Å²) in [4.78, 5) is 12.9. The lowest BCUT2D eigenvalue weighted by Gasteiger charge is -2.27. The number of nitrogens with zero attached hydrogens (tertiary/aromatic N) is 1. The Kier molecular flexibility index (Phi) is 4.39. The van der Waals surface area contributed by atoms with Gasteiger partial charge in [-0.05, 0) is 39.2 Å².